The van der Waals surface area contributed by atoms with Crippen molar-refractivity contribution in [1.82, 2.24) is 9.55 Å². The predicted octanol–water partition coefficient (Wildman–Crippen LogP) is 1.64. The molecule has 0 atom stereocenters. The molecule has 4 nitrogen and oxygen atoms in total. The Morgan fingerprint density at radius 1 is 1.44 bits per heavy atom. The summed E-state index contributed by atoms with van der Waals surface area (Å²) in [6.07, 6.45) is 3.76. The van der Waals surface area contributed by atoms with E-state index < -0.39 is 0 Å². The first-order valence-electron chi connectivity index (χ1n) is 5.19. The van der Waals surface area contributed by atoms with Gasteiger partial charge in [-0.15, -0.1) is 0 Å². The van der Waals surface area contributed by atoms with Crippen molar-refractivity contribution >= 4 is 11.4 Å². The molecule has 0 spiro atoms. The van der Waals surface area contributed by atoms with Crippen LogP contribution in [0.2, 0.25) is 0 Å². The van der Waals surface area contributed by atoms with Crippen LogP contribution in [0.4, 0.5) is 11.4 Å². The fourth-order valence-electron chi connectivity index (χ4n) is 1.61. The summed E-state index contributed by atoms with van der Waals surface area (Å²) in [4.78, 5) is 6.42. The number of aromatic nitrogens is 2. The smallest absolute Gasteiger partial charge is 0.127 e. The molecule has 0 saturated heterocycles. The number of hydrogen-bond donors (Lipinski definition) is 1. The van der Waals surface area contributed by atoms with Crippen LogP contribution in [0.15, 0.2) is 36.7 Å². The van der Waals surface area contributed by atoms with E-state index >= 15 is 0 Å². The zero-order valence-corrected chi connectivity index (χ0v) is 9.59. The van der Waals surface area contributed by atoms with Gasteiger partial charge in [-0.3, -0.25) is 0 Å². The zero-order chi connectivity index (χ0) is 11.5. The Balaban J connectivity index is 2.14. The molecular formula is C12H16N4. The lowest BCUT2D eigenvalue weighted by Crippen LogP contribution is -2.19. The van der Waals surface area contributed by atoms with Gasteiger partial charge in [0.1, 0.15) is 5.82 Å². The molecule has 0 saturated carbocycles. The van der Waals surface area contributed by atoms with E-state index in [2.05, 4.69) is 9.88 Å². The minimum absolute atomic E-state index is 0.771. The van der Waals surface area contributed by atoms with Gasteiger partial charge in [0.2, 0.25) is 0 Å². The molecule has 0 aliphatic heterocycles. The van der Waals surface area contributed by atoms with Crippen LogP contribution in [0.3, 0.4) is 0 Å². The van der Waals surface area contributed by atoms with Crippen molar-refractivity contribution in [3.05, 3.63) is 42.5 Å². The molecule has 2 N–H and O–H groups in total. The van der Waals surface area contributed by atoms with Gasteiger partial charge in [-0.05, 0) is 18.2 Å². The molecule has 0 aliphatic carbocycles. The normalized spacial score (nSPS) is 10.4. The van der Waals surface area contributed by atoms with E-state index in [1.165, 1.54) is 0 Å². The number of nitrogens with two attached hydrogens (primary N) is 1. The van der Waals surface area contributed by atoms with Crippen LogP contribution in [-0.4, -0.2) is 16.6 Å². The van der Waals surface area contributed by atoms with E-state index in [1.54, 1.807) is 0 Å². The highest BCUT2D eigenvalue weighted by molar-refractivity contribution is 5.55. The summed E-state index contributed by atoms with van der Waals surface area (Å²) in [7, 11) is 4.03. The van der Waals surface area contributed by atoms with E-state index in [0.717, 1.165) is 23.7 Å². The van der Waals surface area contributed by atoms with Gasteiger partial charge in [0.25, 0.3) is 0 Å². The van der Waals surface area contributed by atoms with Crippen molar-refractivity contribution in [2.45, 2.75) is 6.54 Å². The maximum absolute atomic E-state index is 5.75. The predicted molar refractivity (Wildman–Crippen MR) is 66.2 cm³/mol. The van der Waals surface area contributed by atoms with Crippen molar-refractivity contribution in [2.24, 2.45) is 7.05 Å². The van der Waals surface area contributed by atoms with Crippen molar-refractivity contribution < 1.29 is 0 Å². The molecule has 0 fully saturated rings. The van der Waals surface area contributed by atoms with Crippen molar-refractivity contribution in [1.29, 1.82) is 0 Å². The molecule has 84 valence electrons. The Hall–Kier alpha value is -1.97. The third-order valence-electron chi connectivity index (χ3n) is 2.61. The quantitative estimate of drug-likeness (QED) is 0.793. The second kappa shape index (κ2) is 4.26. The molecule has 0 radical (unpaired) electrons. The third kappa shape index (κ3) is 2.16. The Morgan fingerprint density at radius 3 is 2.88 bits per heavy atom. The number of aryl methyl sites for hydroxylation is 1. The molecule has 0 bridgehead atoms. The summed E-state index contributed by atoms with van der Waals surface area (Å²) in [5.41, 5.74) is 7.63. The van der Waals surface area contributed by atoms with E-state index in [4.69, 9.17) is 5.73 Å². The number of hydrogen-bond acceptors (Lipinski definition) is 3. The molecule has 2 aromatic rings. The number of rotatable bonds is 3. The molecule has 4 heteroatoms. The summed E-state index contributed by atoms with van der Waals surface area (Å²) in [5.74, 6) is 1.03. The van der Waals surface area contributed by atoms with Crippen molar-refractivity contribution in [3.8, 4) is 0 Å². The number of nitrogen functional groups attached to an aromatic ring is 1. The van der Waals surface area contributed by atoms with E-state index in [-0.39, 0.29) is 0 Å². The number of anilines is 2. The second-order valence-corrected chi connectivity index (χ2v) is 3.91. The van der Waals surface area contributed by atoms with Crippen LogP contribution in [0, 0.1) is 0 Å². The lowest BCUT2D eigenvalue weighted by atomic mass is 10.2. The fourth-order valence-corrected chi connectivity index (χ4v) is 1.61. The molecule has 0 amide bonds. The number of benzene rings is 1. The largest absolute Gasteiger partial charge is 0.399 e. The summed E-state index contributed by atoms with van der Waals surface area (Å²) in [6.45, 7) is 0.771. The fraction of sp³-hybridized carbons (Fsp3) is 0.250. The second-order valence-electron chi connectivity index (χ2n) is 3.91. The molecular weight excluding hydrogens is 200 g/mol. The highest BCUT2D eigenvalue weighted by Gasteiger charge is 2.05. The van der Waals surface area contributed by atoms with Crippen LogP contribution < -0.4 is 10.6 Å². The van der Waals surface area contributed by atoms with Crippen molar-refractivity contribution in [3.63, 3.8) is 0 Å². The van der Waals surface area contributed by atoms with Gasteiger partial charge in [0.05, 0.1) is 6.54 Å². The highest BCUT2D eigenvalue weighted by atomic mass is 15.2. The average molecular weight is 216 g/mol. The van der Waals surface area contributed by atoms with E-state index in [9.17, 15) is 0 Å². The molecule has 16 heavy (non-hydrogen) atoms. The summed E-state index contributed by atoms with van der Waals surface area (Å²) >= 11 is 0. The summed E-state index contributed by atoms with van der Waals surface area (Å²) in [6, 6.07) is 7.85. The number of imidazole rings is 1. The first kappa shape index (κ1) is 10.5. The zero-order valence-electron chi connectivity index (χ0n) is 9.59. The summed E-state index contributed by atoms with van der Waals surface area (Å²) < 4.78 is 2.02. The molecule has 0 unspecified atom stereocenters. The van der Waals surface area contributed by atoms with Crippen LogP contribution in [0.5, 0.6) is 0 Å². The van der Waals surface area contributed by atoms with E-state index in [1.807, 2.05) is 55.3 Å². The first-order chi connectivity index (χ1) is 7.66. The topological polar surface area (TPSA) is 47.1 Å². The average Bonchev–Trinajstić information content (AvgIpc) is 2.64. The molecule has 1 heterocycles. The van der Waals surface area contributed by atoms with Gasteiger partial charge in [-0.1, -0.05) is 6.07 Å². The SMILES string of the molecule is CN(Cc1nccn1C)c1cccc(N)c1. The molecule has 2 rings (SSSR count). The maximum Gasteiger partial charge on any atom is 0.127 e. The van der Waals surface area contributed by atoms with Crippen LogP contribution in [0.25, 0.3) is 0 Å². The molecule has 1 aromatic carbocycles. The number of nitrogens with zero attached hydrogens (tertiary/aromatic N) is 3. The highest BCUT2D eigenvalue weighted by Crippen LogP contribution is 2.17. The van der Waals surface area contributed by atoms with E-state index in [0.29, 0.717) is 0 Å². The molecule has 0 aliphatic rings. The Bertz CT molecular complexity index is 475. The Kier molecular flexibility index (Phi) is 2.81. The van der Waals surface area contributed by atoms with Gasteiger partial charge in [-0.25, -0.2) is 4.98 Å². The van der Waals surface area contributed by atoms with Gasteiger partial charge in [0.15, 0.2) is 0 Å². The van der Waals surface area contributed by atoms with Crippen LogP contribution in [0.1, 0.15) is 5.82 Å². The Morgan fingerprint density at radius 2 is 2.25 bits per heavy atom. The third-order valence-corrected chi connectivity index (χ3v) is 2.61. The van der Waals surface area contributed by atoms with Gasteiger partial charge >= 0.3 is 0 Å². The first-order valence-corrected chi connectivity index (χ1v) is 5.19. The molecule has 1 aromatic heterocycles. The monoisotopic (exact) mass is 216 g/mol. The van der Waals surface area contributed by atoms with Gasteiger partial charge in [-0.2, -0.15) is 0 Å². The summed E-state index contributed by atoms with van der Waals surface area (Å²) in [5, 5.41) is 0. The minimum Gasteiger partial charge on any atom is -0.399 e. The lowest BCUT2D eigenvalue weighted by Gasteiger charge is -2.19. The maximum atomic E-state index is 5.75. The Labute approximate surface area is 95.3 Å². The van der Waals surface area contributed by atoms with Gasteiger partial charge in [0, 0.05) is 37.9 Å². The van der Waals surface area contributed by atoms with Crippen molar-refractivity contribution in [2.75, 3.05) is 17.7 Å². The van der Waals surface area contributed by atoms with Crippen LogP contribution >= 0.6 is 0 Å². The lowest BCUT2D eigenvalue weighted by molar-refractivity contribution is 0.762. The van der Waals surface area contributed by atoms with Crippen LogP contribution in [-0.2, 0) is 13.6 Å². The minimum atomic E-state index is 0.771. The van der Waals surface area contributed by atoms with Gasteiger partial charge < -0.3 is 15.2 Å². The standard InChI is InChI=1S/C12H16N4/c1-15-7-6-14-12(15)9-16(2)11-5-3-4-10(13)8-11/h3-8H,9,13H2,1-2H3.